The van der Waals surface area contributed by atoms with E-state index in [1.54, 1.807) is 6.08 Å². The fourth-order valence-corrected chi connectivity index (χ4v) is 3.62. The lowest BCUT2D eigenvalue weighted by atomic mass is 9.64. The van der Waals surface area contributed by atoms with Gasteiger partial charge in [0.05, 0.1) is 0 Å². The second kappa shape index (κ2) is 6.31. The fourth-order valence-electron chi connectivity index (χ4n) is 3.62. The number of carbonyl (C=O) groups excluding carboxylic acids is 3. The van der Waals surface area contributed by atoms with Gasteiger partial charge in [0.25, 0.3) is 0 Å². The molecule has 1 fully saturated rings. The Bertz CT molecular complexity index is 541. The zero-order chi connectivity index (χ0) is 17.3. The molecule has 0 saturated heterocycles. The van der Waals surface area contributed by atoms with Crippen molar-refractivity contribution in [3.8, 4) is 0 Å². The Hall–Kier alpha value is -1.89. The Morgan fingerprint density at radius 1 is 1.00 bits per heavy atom. The molecule has 1 saturated carbocycles. The third-order valence-electron chi connectivity index (χ3n) is 4.36. The number of aliphatic hydroxyl groups is 1. The summed E-state index contributed by atoms with van der Waals surface area (Å²) in [4.78, 5) is 34.5. The highest BCUT2D eigenvalue weighted by atomic mass is 16.6. The van der Waals surface area contributed by atoms with Crippen LogP contribution in [0.25, 0.3) is 0 Å². The Balaban J connectivity index is 2.52. The van der Waals surface area contributed by atoms with Crippen LogP contribution in [0.5, 0.6) is 0 Å². The van der Waals surface area contributed by atoms with E-state index in [2.05, 4.69) is 0 Å². The predicted molar refractivity (Wildman–Crippen MR) is 78.2 cm³/mol. The average molecular weight is 326 g/mol. The average Bonchev–Trinajstić information content (AvgIpc) is 2.42. The van der Waals surface area contributed by atoms with Gasteiger partial charge >= 0.3 is 17.9 Å². The van der Waals surface area contributed by atoms with E-state index in [1.807, 2.05) is 0 Å². The Morgan fingerprint density at radius 3 is 2.17 bits per heavy atom. The molecule has 0 bridgehead atoms. The second-order valence-corrected chi connectivity index (χ2v) is 6.05. The summed E-state index contributed by atoms with van der Waals surface area (Å²) in [6.45, 7) is 3.72. The topological polar surface area (TPSA) is 99.1 Å². The van der Waals surface area contributed by atoms with Gasteiger partial charge in [-0.1, -0.05) is 0 Å². The van der Waals surface area contributed by atoms with Crippen molar-refractivity contribution in [2.45, 2.75) is 69.9 Å². The molecule has 0 heterocycles. The first-order valence-corrected chi connectivity index (χ1v) is 7.66. The number of esters is 3. The van der Waals surface area contributed by atoms with Crippen molar-refractivity contribution in [2.24, 2.45) is 0 Å². The molecule has 1 N–H and O–H groups in total. The van der Waals surface area contributed by atoms with Gasteiger partial charge in [0, 0.05) is 20.8 Å². The minimum Gasteiger partial charge on any atom is -0.455 e. The van der Waals surface area contributed by atoms with E-state index in [0.29, 0.717) is 19.3 Å². The van der Waals surface area contributed by atoms with Gasteiger partial charge < -0.3 is 19.3 Å². The third-order valence-corrected chi connectivity index (χ3v) is 4.36. The molecule has 2 rings (SSSR count). The lowest BCUT2D eigenvalue weighted by molar-refractivity contribution is -0.251. The van der Waals surface area contributed by atoms with Crippen molar-refractivity contribution < 1.29 is 33.7 Å². The van der Waals surface area contributed by atoms with Gasteiger partial charge in [-0.2, -0.15) is 0 Å². The molecule has 0 aromatic rings. The van der Waals surface area contributed by atoms with Crippen LogP contribution < -0.4 is 0 Å². The van der Waals surface area contributed by atoms with E-state index < -0.39 is 41.3 Å². The molecule has 2 aliphatic carbocycles. The summed E-state index contributed by atoms with van der Waals surface area (Å²) in [5.41, 5.74) is -2.71. The molecule has 0 aromatic heterocycles. The van der Waals surface area contributed by atoms with Crippen molar-refractivity contribution in [3.05, 3.63) is 12.2 Å². The van der Waals surface area contributed by atoms with Crippen LogP contribution in [0.3, 0.4) is 0 Å². The molecule has 0 radical (unpaired) electrons. The number of aliphatic hydroxyl groups excluding tert-OH is 1. The zero-order valence-corrected chi connectivity index (χ0v) is 13.5. The summed E-state index contributed by atoms with van der Waals surface area (Å²) in [5, 5.41) is 10.8. The van der Waals surface area contributed by atoms with E-state index in [4.69, 9.17) is 14.2 Å². The standard InChI is InChI=1S/C16H22O7/c1-10(17)21-13-6-9-15(22-11(2)18)7-4-5-8-16(15,14(13)20)23-12(3)19/h6,9,13-14,20H,4-5,7-8H2,1-3H3/t13-,14-,15+,16+/m0/s1. The first-order chi connectivity index (χ1) is 10.7. The van der Waals surface area contributed by atoms with Gasteiger partial charge in [0.1, 0.15) is 12.2 Å². The van der Waals surface area contributed by atoms with Crippen molar-refractivity contribution in [3.63, 3.8) is 0 Å². The summed E-state index contributed by atoms with van der Waals surface area (Å²) in [6, 6.07) is 0. The van der Waals surface area contributed by atoms with E-state index in [0.717, 1.165) is 6.42 Å². The molecule has 7 nitrogen and oxygen atoms in total. The number of fused-ring (bicyclic) bond motifs is 1. The largest absolute Gasteiger partial charge is 0.455 e. The van der Waals surface area contributed by atoms with Crippen LogP contribution in [0, 0.1) is 0 Å². The molecule has 0 aromatic carbocycles. The maximum Gasteiger partial charge on any atom is 0.303 e. The molecular formula is C16H22O7. The minimum atomic E-state index is -1.46. The van der Waals surface area contributed by atoms with Gasteiger partial charge in [-0.3, -0.25) is 14.4 Å². The van der Waals surface area contributed by atoms with Crippen LogP contribution >= 0.6 is 0 Å². The highest BCUT2D eigenvalue weighted by molar-refractivity contribution is 5.69. The summed E-state index contributed by atoms with van der Waals surface area (Å²) in [7, 11) is 0. The summed E-state index contributed by atoms with van der Waals surface area (Å²) >= 11 is 0. The molecule has 0 amide bonds. The summed E-state index contributed by atoms with van der Waals surface area (Å²) in [6.07, 6.45) is 2.95. The summed E-state index contributed by atoms with van der Waals surface area (Å²) < 4.78 is 16.1. The Labute approximate surface area is 134 Å². The lowest BCUT2D eigenvalue weighted by Gasteiger charge is -2.54. The first-order valence-electron chi connectivity index (χ1n) is 7.66. The number of ether oxygens (including phenoxy) is 3. The smallest absolute Gasteiger partial charge is 0.303 e. The van der Waals surface area contributed by atoms with Gasteiger partial charge in [-0.15, -0.1) is 0 Å². The quantitative estimate of drug-likeness (QED) is 0.470. The lowest BCUT2D eigenvalue weighted by Crippen LogP contribution is -2.70. The predicted octanol–water partition coefficient (Wildman–Crippen LogP) is 1.03. The normalized spacial score (nSPS) is 35.8. The molecular weight excluding hydrogens is 304 g/mol. The van der Waals surface area contributed by atoms with E-state index >= 15 is 0 Å². The zero-order valence-electron chi connectivity index (χ0n) is 13.5. The molecule has 7 heteroatoms. The Kier molecular flexibility index (Phi) is 4.79. The van der Waals surface area contributed by atoms with E-state index in [-0.39, 0.29) is 0 Å². The van der Waals surface area contributed by atoms with Gasteiger partial charge in [-0.05, 0) is 37.8 Å². The molecule has 23 heavy (non-hydrogen) atoms. The van der Waals surface area contributed by atoms with Crippen molar-refractivity contribution >= 4 is 17.9 Å². The highest BCUT2D eigenvalue weighted by Crippen LogP contribution is 2.49. The molecule has 128 valence electrons. The SMILES string of the molecule is CC(=O)O[C@H]1C=C[C@]2(OC(C)=O)CCCC[C@@]2(OC(C)=O)[C@H]1O. The van der Waals surface area contributed by atoms with E-state index in [1.165, 1.54) is 26.8 Å². The van der Waals surface area contributed by atoms with Crippen LogP contribution in [0.4, 0.5) is 0 Å². The number of hydrogen-bond donors (Lipinski definition) is 1. The second-order valence-electron chi connectivity index (χ2n) is 6.05. The number of carbonyl (C=O) groups is 3. The maximum atomic E-state index is 11.7. The monoisotopic (exact) mass is 326 g/mol. The van der Waals surface area contributed by atoms with E-state index in [9.17, 15) is 19.5 Å². The highest BCUT2D eigenvalue weighted by Gasteiger charge is 2.64. The van der Waals surface area contributed by atoms with Crippen LogP contribution in [0.2, 0.25) is 0 Å². The van der Waals surface area contributed by atoms with Crippen LogP contribution in [-0.2, 0) is 28.6 Å². The third kappa shape index (κ3) is 3.10. The molecule has 4 atom stereocenters. The fraction of sp³-hybridized carbons (Fsp3) is 0.688. The van der Waals surface area contributed by atoms with Gasteiger partial charge in [0.15, 0.2) is 11.2 Å². The molecule has 0 aliphatic heterocycles. The van der Waals surface area contributed by atoms with Gasteiger partial charge in [-0.25, -0.2) is 0 Å². The van der Waals surface area contributed by atoms with Crippen molar-refractivity contribution in [1.29, 1.82) is 0 Å². The molecule has 2 aliphatic rings. The van der Waals surface area contributed by atoms with Crippen LogP contribution in [-0.4, -0.2) is 46.4 Å². The number of rotatable bonds is 3. The molecule has 0 spiro atoms. The minimum absolute atomic E-state index is 0.309. The van der Waals surface area contributed by atoms with Crippen molar-refractivity contribution in [1.82, 2.24) is 0 Å². The van der Waals surface area contributed by atoms with Gasteiger partial charge in [0.2, 0.25) is 0 Å². The maximum absolute atomic E-state index is 11.7. The van der Waals surface area contributed by atoms with Crippen LogP contribution in [0.1, 0.15) is 46.5 Å². The summed E-state index contributed by atoms with van der Waals surface area (Å²) in [5.74, 6) is -1.70. The Morgan fingerprint density at radius 2 is 1.61 bits per heavy atom. The molecule has 0 unspecified atom stereocenters. The van der Waals surface area contributed by atoms with Crippen molar-refractivity contribution in [2.75, 3.05) is 0 Å². The first kappa shape index (κ1) is 17.5. The number of hydrogen-bond acceptors (Lipinski definition) is 7. The van der Waals surface area contributed by atoms with Crippen LogP contribution in [0.15, 0.2) is 12.2 Å².